The molecule has 0 bridgehead atoms. The number of hydrogen-bond donors (Lipinski definition) is 0. The molecule has 0 aromatic heterocycles. The Morgan fingerprint density at radius 3 is 1.29 bits per heavy atom. The van der Waals surface area contributed by atoms with Crippen molar-refractivity contribution in [1.29, 1.82) is 0 Å². The normalized spacial score (nSPS) is 12.5. The summed E-state index contributed by atoms with van der Waals surface area (Å²) in [7, 11) is 0. The number of rotatable bonds is 8. The third-order valence-electron chi connectivity index (χ3n) is 6.20. The van der Waals surface area contributed by atoms with E-state index in [1.54, 1.807) is 0 Å². The number of carbonyl (C=O) groups is 2. The summed E-state index contributed by atoms with van der Waals surface area (Å²) in [4.78, 5) is 26.2. The summed E-state index contributed by atoms with van der Waals surface area (Å²) in [6, 6.07) is 39.8. The van der Waals surface area contributed by atoms with Crippen LogP contribution >= 0.6 is 6.60 Å². The molecular formula is C28H25O2P. The zero-order chi connectivity index (χ0) is 21.6. The van der Waals surface area contributed by atoms with Gasteiger partial charge in [0.25, 0.3) is 0 Å². The first kappa shape index (κ1) is 20.9. The molecule has 0 unspecified atom stereocenters. The summed E-state index contributed by atoms with van der Waals surface area (Å²) in [5, 5.41) is 3.17. The molecule has 0 saturated carbocycles. The molecule has 0 heterocycles. The molecule has 0 amide bonds. The van der Waals surface area contributed by atoms with Crippen LogP contribution in [0.15, 0.2) is 121 Å². The predicted molar refractivity (Wildman–Crippen MR) is 132 cm³/mol. The van der Waals surface area contributed by atoms with E-state index in [1.807, 2.05) is 84.9 Å². The molecule has 0 aliphatic heterocycles. The van der Waals surface area contributed by atoms with E-state index in [0.29, 0.717) is 5.56 Å². The van der Waals surface area contributed by atoms with E-state index in [4.69, 9.17) is 0 Å². The molecule has 4 aromatic carbocycles. The quantitative estimate of drug-likeness (QED) is 0.235. The Hall–Kier alpha value is -3.35. The van der Waals surface area contributed by atoms with Crippen molar-refractivity contribution in [3.63, 3.8) is 0 Å². The average molecular weight is 424 g/mol. The topological polar surface area (TPSA) is 34.1 Å². The molecule has 0 aliphatic rings. The van der Waals surface area contributed by atoms with Crippen LogP contribution in [0.5, 0.6) is 0 Å². The van der Waals surface area contributed by atoms with E-state index < -0.39 is 6.60 Å². The molecule has 0 aliphatic carbocycles. The van der Waals surface area contributed by atoms with Gasteiger partial charge in [-0.1, -0.05) is 0 Å². The van der Waals surface area contributed by atoms with E-state index in [2.05, 4.69) is 36.4 Å². The van der Waals surface area contributed by atoms with Gasteiger partial charge in [0.1, 0.15) is 0 Å². The van der Waals surface area contributed by atoms with Crippen molar-refractivity contribution in [1.82, 2.24) is 0 Å². The van der Waals surface area contributed by atoms with Crippen molar-refractivity contribution in [2.45, 2.75) is 0 Å². The van der Waals surface area contributed by atoms with E-state index in [0.717, 1.165) is 22.2 Å². The molecule has 0 spiro atoms. The van der Waals surface area contributed by atoms with Crippen molar-refractivity contribution in [2.75, 3.05) is 12.3 Å². The molecule has 0 N–H and O–H groups in total. The summed E-state index contributed by atoms with van der Waals surface area (Å²) >= 11 is 0. The fraction of sp³-hybridized carbons (Fsp3) is 0.0714. The standard InChI is InChI=1S/C28H25O2P/c29-21-22-31(25-15-7-2-8-16-25,26-17-9-3-10-18-26,27-19-11-4-12-20-27)23-28(30)24-13-5-1-6-14-24/h1-21H,22-23H2. The molecule has 0 radical (unpaired) electrons. The maximum atomic E-state index is 13.8. The van der Waals surface area contributed by atoms with Gasteiger partial charge in [-0.2, -0.15) is 0 Å². The molecule has 0 fully saturated rings. The zero-order valence-electron chi connectivity index (χ0n) is 17.3. The van der Waals surface area contributed by atoms with Crippen LogP contribution in [0.2, 0.25) is 0 Å². The van der Waals surface area contributed by atoms with Crippen LogP contribution in [0, 0.1) is 0 Å². The van der Waals surface area contributed by atoms with Gasteiger partial charge in [0.05, 0.1) is 0 Å². The van der Waals surface area contributed by atoms with Gasteiger partial charge in [0, 0.05) is 0 Å². The van der Waals surface area contributed by atoms with Gasteiger partial charge in [-0.05, 0) is 0 Å². The van der Waals surface area contributed by atoms with Crippen LogP contribution in [0.1, 0.15) is 10.4 Å². The number of ketones is 1. The van der Waals surface area contributed by atoms with Gasteiger partial charge in [0.2, 0.25) is 0 Å². The molecule has 4 rings (SSSR count). The van der Waals surface area contributed by atoms with Crippen LogP contribution in [-0.4, -0.2) is 24.4 Å². The first-order valence-corrected chi connectivity index (χ1v) is 13.0. The Labute approximate surface area is 183 Å². The second-order valence-electron chi connectivity index (χ2n) is 7.81. The minimum absolute atomic E-state index is 0.0525. The van der Waals surface area contributed by atoms with Crippen molar-refractivity contribution < 1.29 is 9.59 Å². The zero-order valence-corrected chi connectivity index (χ0v) is 18.2. The third-order valence-corrected chi connectivity index (χ3v) is 12.8. The molecular weight excluding hydrogens is 399 g/mol. The Morgan fingerprint density at radius 1 is 0.581 bits per heavy atom. The first-order valence-electron chi connectivity index (χ1n) is 10.4. The monoisotopic (exact) mass is 424 g/mol. The van der Waals surface area contributed by atoms with Crippen LogP contribution in [-0.2, 0) is 4.79 Å². The SMILES string of the molecule is O=CCP(CC(=O)c1ccccc1)(c1ccccc1)(c1ccccc1)c1ccccc1. The Kier molecular flexibility index (Phi) is 5.93. The fourth-order valence-corrected chi connectivity index (χ4v) is 10.7. The maximum absolute atomic E-state index is 13.8. The van der Waals surface area contributed by atoms with Crippen LogP contribution in [0.3, 0.4) is 0 Å². The van der Waals surface area contributed by atoms with Crippen molar-refractivity contribution in [3.8, 4) is 0 Å². The Morgan fingerprint density at radius 2 is 0.935 bits per heavy atom. The molecule has 3 heteroatoms. The molecule has 31 heavy (non-hydrogen) atoms. The van der Waals surface area contributed by atoms with Crippen molar-refractivity contribution in [2.24, 2.45) is 0 Å². The van der Waals surface area contributed by atoms with Gasteiger partial charge in [-0.3, -0.25) is 0 Å². The number of Topliss-reactive ketones (excluding diaryl/α,β-unsaturated/α-hetero) is 1. The summed E-state index contributed by atoms with van der Waals surface area (Å²) in [5.74, 6) is 0.0525. The number of carbonyl (C=O) groups excluding carboxylic acids is 2. The summed E-state index contributed by atoms with van der Waals surface area (Å²) in [5.41, 5.74) is 0.671. The van der Waals surface area contributed by atoms with Crippen LogP contribution < -0.4 is 15.9 Å². The van der Waals surface area contributed by atoms with Gasteiger partial charge in [-0.15, -0.1) is 0 Å². The minimum atomic E-state index is -3.46. The predicted octanol–water partition coefficient (Wildman–Crippen LogP) is 4.60. The Bertz CT molecular complexity index is 1060. The second kappa shape index (κ2) is 8.79. The number of aldehydes is 1. The number of hydrogen-bond acceptors (Lipinski definition) is 2. The molecule has 4 aromatic rings. The first-order chi connectivity index (χ1) is 15.2. The third kappa shape index (κ3) is 3.54. The van der Waals surface area contributed by atoms with E-state index in [-0.39, 0.29) is 18.1 Å². The fourth-order valence-electron chi connectivity index (χ4n) is 4.66. The summed E-state index contributed by atoms with van der Waals surface area (Å²) < 4.78 is 0. The molecule has 0 atom stereocenters. The average Bonchev–Trinajstić information content (AvgIpc) is 2.86. The summed E-state index contributed by atoms with van der Waals surface area (Å²) in [6.07, 6.45) is 1.55. The van der Waals surface area contributed by atoms with Crippen LogP contribution in [0.4, 0.5) is 0 Å². The molecule has 2 nitrogen and oxygen atoms in total. The van der Waals surface area contributed by atoms with E-state index in [1.165, 1.54) is 0 Å². The van der Waals surface area contributed by atoms with Crippen molar-refractivity contribution in [3.05, 3.63) is 127 Å². The Balaban J connectivity index is 2.11. The second-order valence-corrected chi connectivity index (χ2v) is 13.1. The molecule has 154 valence electrons. The van der Waals surface area contributed by atoms with Gasteiger partial charge >= 0.3 is 183 Å². The summed E-state index contributed by atoms with van der Waals surface area (Å²) in [6.45, 7) is -3.46. The van der Waals surface area contributed by atoms with Gasteiger partial charge < -0.3 is 0 Å². The van der Waals surface area contributed by atoms with Gasteiger partial charge in [-0.25, -0.2) is 0 Å². The van der Waals surface area contributed by atoms with Crippen LogP contribution in [0.25, 0.3) is 0 Å². The van der Waals surface area contributed by atoms with E-state index >= 15 is 0 Å². The molecule has 0 saturated heterocycles. The van der Waals surface area contributed by atoms with E-state index in [9.17, 15) is 9.59 Å². The van der Waals surface area contributed by atoms with Crippen molar-refractivity contribution >= 4 is 34.6 Å². The number of benzene rings is 4. The van der Waals surface area contributed by atoms with Gasteiger partial charge in [0.15, 0.2) is 0 Å².